The van der Waals surface area contributed by atoms with Gasteiger partial charge in [0.15, 0.2) is 0 Å². The molecule has 0 saturated carbocycles. The minimum absolute atomic E-state index is 0.0594. The molecule has 10 nitrogen and oxygen atoms in total. The number of aromatic nitrogens is 3. The summed E-state index contributed by atoms with van der Waals surface area (Å²) in [6.07, 6.45) is 0. The van der Waals surface area contributed by atoms with Crippen LogP contribution in [0.4, 0.5) is 17.8 Å². The Kier molecular flexibility index (Phi) is 5.29. The first-order valence-corrected chi connectivity index (χ1v) is 4.55. The van der Waals surface area contributed by atoms with Gasteiger partial charge in [0.2, 0.25) is 5.95 Å². The lowest BCUT2D eigenvalue weighted by Gasteiger charge is -2.17. The van der Waals surface area contributed by atoms with Crippen LogP contribution < -0.4 is 15.9 Å². The van der Waals surface area contributed by atoms with Crippen molar-refractivity contribution in [1.29, 1.82) is 0 Å². The molecule has 0 aliphatic rings. The predicted molar refractivity (Wildman–Crippen MR) is 57.7 cm³/mol. The molecular formula is C7H14N6O4. The quantitative estimate of drug-likeness (QED) is 0.334. The standard InChI is InChI=1S/C7H14N6O4/c1-16-11-5-8-6(12-17-2)10-7(9-5)13(3-14)4-15/h14-15H,3-4H2,1-2H3,(H2,8,9,10,11,12). The summed E-state index contributed by atoms with van der Waals surface area (Å²) in [5.74, 6) is 0.261. The summed E-state index contributed by atoms with van der Waals surface area (Å²) < 4.78 is 0. The van der Waals surface area contributed by atoms with Crippen molar-refractivity contribution in [2.75, 3.05) is 43.5 Å². The lowest BCUT2D eigenvalue weighted by Crippen LogP contribution is -2.28. The highest BCUT2D eigenvalue weighted by atomic mass is 16.6. The molecule has 0 bridgehead atoms. The Morgan fingerprint density at radius 2 is 1.47 bits per heavy atom. The van der Waals surface area contributed by atoms with Crippen LogP contribution in [0.15, 0.2) is 0 Å². The SMILES string of the molecule is CONc1nc(NOC)nc(N(CO)CO)n1. The summed E-state index contributed by atoms with van der Waals surface area (Å²) in [6.45, 7) is -0.890. The van der Waals surface area contributed by atoms with E-state index >= 15 is 0 Å². The minimum Gasteiger partial charge on any atom is -0.376 e. The van der Waals surface area contributed by atoms with Crippen LogP contribution in [-0.4, -0.2) is 52.8 Å². The molecule has 17 heavy (non-hydrogen) atoms. The van der Waals surface area contributed by atoms with Gasteiger partial charge in [0.1, 0.15) is 13.5 Å². The maximum Gasteiger partial charge on any atom is 0.253 e. The van der Waals surface area contributed by atoms with Gasteiger partial charge in [0.05, 0.1) is 14.2 Å². The number of nitrogens with one attached hydrogen (secondary N) is 2. The lowest BCUT2D eigenvalue weighted by atomic mass is 10.7. The van der Waals surface area contributed by atoms with Gasteiger partial charge in [-0.2, -0.15) is 15.0 Å². The van der Waals surface area contributed by atoms with Gasteiger partial charge in [0.25, 0.3) is 11.9 Å². The molecule has 0 aromatic carbocycles. The van der Waals surface area contributed by atoms with Gasteiger partial charge >= 0.3 is 0 Å². The van der Waals surface area contributed by atoms with E-state index in [0.29, 0.717) is 0 Å². The second-order valence-corrected chi connectivity index (χ2v) is 2.72. The third kappa shape index (κ3) is 3.64. The number of hydrogen-bond donors (Lipinski definition) is 4. The van der Waals surface area contributed by atoms with Gasteiger partial charge < -0.3 is 10.2 Å². The Morgan fingerprint density at radius 1 is 1.00 bits per heavy atom. The first-order valence-electron chi connectivity index (χ1n) is 4.55. The van der Waals surface area contributed by atoms with Gasteiger partial charge in [-0.1, -0.05) is 0 Å². The zero-order valence-electron chi connectivity index (χ0n) is 9.41. The number of rotatable bonds is 7. The van der Waals surface area contributed by atoms with Crippen molar-refractivity contribution in [2.45, 2.75) is 0 Å². The molecule has 1 aromatic heterocycles. The van der Waals surface area contributed by atoms with Gasteiger partial charge in [-0.05, 0) is 0 Å². The molecule has 1 rings (SSSR count). The highest BCUT2D eigenvalue weighted by Gasteiger charge is 2.12. The topological polar surface area (TPSA) is 125 Å². The monoisotopic (exact) mass is 246 g/mol. The predicted octanol–water partition coefficient (Wildman–Crippen LogP) is -1.48. The smallest absolute Gasteiger partial charge is 0.253 e. The molecule has 0 atom stereocenters. The number of anilines is 3. The van der Waals surface area contributed by atoms with Crippen LogP contribution in [0, 0.1) is 0 Å². The van der Waals surface area contributed by atoms with Crippen LogP contribution in [-0.2, 0) is 9.68 Å². The van der Waals surface area contributed by atoms with Crippen LogP contribution in [0.3, 0.4) is 0 Å². The molecular weight excluding hydrogens is 232 g/mol. The van der Waals surface area contributed by atoms with Crippen molar-refractivity contribution in [2.24, 2.45) is 0 Å². The minimum atomic E-state index is -0.445. The molecule has 0 unspecified atom stereocenters. The number of aliphatic hydroxyl groups excluding tert-OH is 2. The molecule has 0 fully saturated rings. The number of hydrogen-bond acceptors (Lipinski definition) is 10. The van der Waals surface area contributed by atoms with E-state index < -0.39 is 13.5 Å². The number of nitrogens with zero attached hydrogens (tertiary/aromatic N) is 4. The molecule has 1 aromatic rings. The Morgan fingerprint density at radius 3 is 1.82 bits per heavy atom. The Hall–Kier alpha value is -1.75. The first kappa shape index (κ1) is 13.3. The van der Waals surface area contributed by atoms with Gasteiger partial charge in [-0.25, -0.2) is 11.0 Å². The average molecular weight is 246 g/mol. The molecule has 0 aliphatic carbocycles. The van der Waals surface area contributed by atoms with Crippen molar-refractivity contribution in [3.8, 4) is 0 Å². The largest absolute Gasteiger partial charge is 0.376 e. The third-order valence-electron chi connectivity index (χ3n) is 1.63. The summed E-state index contributed by atoms with van der Waals surface area (Å²) in [5, 5.41) is 18.0. The van der Waals surface area contributed by atoms with Crippen molar-refractivity contribution in [3.63, 3.8) is 0 Å². The van der Waals surface area contributed by atoms with Gasteiger partial charge in [0, 0.05) is 0 Å². The van der Waals surface area contributed by atoms with E-state index in [1.54, 1.807) is 0 Å². The van der Waals surface area contributed by atoms with E-state index in [4.69, 9.17) is 10.2 Å². The van der Waals surface area contributed by atoms with Crippen molar-refractivity contribution >= 4 is 17.8 Å². The van der Waals surface area contributed by atoms with E-state index in [1.807, 2.05) is 0 Å². The van der Waals surface area contributed by atoms with Crippen LogP contribution in [0.25, 0.3) is 0 Å². The second kappa shape index (κ2) is 6.75. The molecule has 0 saturated heterocycles. The summed E-state index contributed by atoms with van der Waals surface area (Å²) in [4.78, 5) is 22.1. The summed E-state index contributed by atoms with van der Waals surface area (Å²) >= 11 is 0. The number of aliphatic hydroxyl groups is 2. The molecule has 0 spiro atoms. The average Bonchev–Trinajstić information content (AvgIpc) is 2.31. The van der Waals surface area contributed by atoms with Crippen LogP contribution in [0.2, 0.25) is 0 Å². The van der Waals surface area contributed by atoms with Crippen molar-refractivity contribution in [3.05, 3.63) is 0 Å². The summed E-state index contributed by atoms with van der Waals surface area (Å²) in [5.41, 5.74) is 4.80. The summed E-state index contributed by atoms with van der Waals surface area (Å²) in [7, 11) is 2.78. The Bertz CT molecular complexity index is 323. The van der Waals surface area contributed by atoms with Gasteiger partial charge in [-0.15, -0.1) is 0 Å². The normalized spacial score (nSPS) is 10.1. The highest BCUT2D eigenvalue weighted by molar-refractivity contribution is 5.41. The maximum atomic E-state index is 8.98. The van der Waals surface area contributed by atoms with Crippen molar-refractivity contribution < 1.29 is 19.9 Å². The maximum absolute atomic E-state index is 8.98. The van der Waals surface area contributed by atoms with E-state index in [2.05, 4.69) is 35.6 Å². The van der Waals surface area contributed by atoms with Gasteiger partial charge in [-0.3, -0.25) is 14.6 Å². The van der Waals surface area contributed by atoms with E-state index in [-0.39, 0.29) is 17.8 Å². The molecule has 4 N–H and O–H groups in total. The fourth-order valence-corrected chi connectivity index (χ4v) is 0.951. The molecule has 96 valence electrons. The van der Waals surface area contributed by atoms with Crippen molar-refractivity contribution in [1.82, 2.24) is 15.0 Å². The first-order chi connectivity index (χ1) is 8.24. The molecule has 0 amide bonds. The highest BCUT2D eigenvalue weighted by Crippen LogP contribution is 2.12. The third-order valence-corrected chi connectivity index (χ3v) is 1.63. The van der Waals surface area contributed by atoms with E-state index in [1.165, 1.54) is 14.2 Å². The second-order valence-electron chi connectivity index (χ2n) is 2.72. The fourth-order valence-electron chi connectivity index (χ4n) is 0.951. The molecule has 1 heterocycles. The lowest BCUT2D eigenvalue weighted by molar-refractivity contribution is 0.219. The Labute approximate surface area is 97.1 Å². The summed E-state index contributed by atoms with van der Waals surface area (Å²) in [6, 6.07) is 0. The van der Waals surface area contributed by atoms with Crippen LogP contribution >= 0.6 is 0 Å². The molecule has 0 radical (unpaired) electrons. The fraction of sp³-hybridized carbons (Fsp3) is 0.571. The zero-order valence-corrected chi connectivity index (χ0v) is 9.41. The Balaban J connectivity index is 3.01. The van der Waals surface area contributed by atoms with Crippen LogP contribution in [0.1, 0.15) is 0 Å². The molecule has 0 aliphatic heterocycles. The van der Waals surface area contributed by atoms with E-state index in [0.717, 1.165) is 4.90 Å². The molecule has 10 heteroatoms. The van der Waals surface area contributed by atoms with E-state index in [9.17, 15) is 0 Å². The van der Waals surface area contributed by atoms with Crippen LogP contribution in [0.5, 0.6) is 0 Å². The zero-order chi connectivity index (χ0) is 12.7.